The van der Waals surface area contributed by atoms with Crippen molar-refractivity contribution in [2.45, 2.75) is 13.0 Å². The number of hydrogen-bond donors (Lipinski definition) is 1. The Morgan fingerprint density at radius 1 is 1.47 bits per heavy atom. The lowest BCUT2D eigenvalue weighted by Gasteiger charge is -2.12. The quantitative estimate of drug-likeness (QED) is 0.842. The number of amides is 2. The SMILES string of the molecule is CCOC(=O)NC1C(=O)N(C)c2ccccc21. The van der Waals surface area contributed by atoms with Gasteiger partial charge in [-0.15, -0.1) is 0 Å². The minimum Gasteiger partial charge on any atom is -0.450 e. The highest BCUT2D eigenvalue weighted by Gasteiger charge is 2.36. The summed E-state index contributed by atoms with van der Waals surface area (Å²) in [6.07, 6.45) is -0.573. The zero-order valence-corrected chi connectivity index (χ0v) is 9.77. The molecule has 0 radical (unpaired) electrons. The number of fused-ring (bicyclic) bond motifs is 1. The molecule has 2 rings (SSSR count). The second-order valence-electron chi connectivity index (χ2n) is 3.75. The largest absolute Gasteiger partial charge is 0.450 e. The molecule has 5 heteroatoms. The van der Waals surface area contributed by atoms with E-state index >= 15 is 0 Å². The van der Waals surface area contributed by atoms with Gasteiger partial charge < -0.3 is 15.0 Å². The fraction of sp³-hybridized carbons (Fsp3) is 0.333. The van der Waals surface area contributed by atoms with Crippen molar-refractivity contribution in [2.75, 3.05) is 18.6 Å². The third kappa shape index (κ3) is 1.95. The Bertz CT molecular complexity index is 459. The van der Waals surface area contributed by atoms with Crippen LogP contribution in [0, 0.1) is 0 Å². The fourth-order valence-electron chi connectivity index (χ4n) is 1.91. The van der Waals surface area contributed by atoms with Crippen molar-refractivity contribution < 1.29 is 14.3 Å². The standard InChI is InChI=1S/C12H14N2O3/c1-3-17-12(16)13-10-8-6-4-5-7-9(8)14(2)11(10)15/h4-7,10H,3H2,1-2H3,(H,13,16). The molecule has 5 nitrogen and oxygen atoms in total. The molecule has 2 amide bonds. The van der Waals surface area contributed by atoms with Crippen LogP contribution >= 0.6 is 0 Å². The average Bonchev–Trinajstić information content (AvgIpc) is 2.56. The number of likely N-dealkylation sites (N-methyl/N-ethyl adjacent to an activating group) is 1. The molecule has 0 saturated carbocycles. The Kier molecular flexibility index (Phi) is 2.99. The first kappa shape index (κ1) is 11.4. The van der Waals surface area contributed by atoms with Gasteiger partial charge in [0.05, 0.1) is 6.61 Å². The van der Waals surface area contributed by atoms with Gasteiger partial charge in [-0.2, -0.15) is 0 Å². The Balaban J connectivity index is 2.24. The summed E-state index contributed by atoms with van der Waals surface area (Å²) < 4.78 is 4.78. The number of nitrogens with one attached hydrogen (secondary N) is 1. The smallest absolute Gasteiger partial charge is 0.408 e. The Labute approximate surface area is 99.4 Å². The van der Waals surface area contributed by atoms with Crippen molar-refractivity contribution in [1.82, 2.24) is 5.32 Å². The third-order valence-corrected chi connectivity index (χ3v) is 2.72. The molecule has 0 spiro atoms. The van der Waals surface area contributed by atoms with Crippen molar-refractivity contribution in [1.29, 1.82) is 0 Å². The van der Waals surface area contributed by atoms with Crippen molar-refractivity contribution in [3.63, 3.8) is 0 Å². The maximum atomic E-state index is 12.0. The molecular formula is C12H14N2O3. The molecule has 1 atom stereocenters. The first-order valence-corrected chi connectivity index (χ1v) is 5.45. The van der Waals surface area contributed by atoms with E-state index in [0.29, 0.717) is 0 Å². The fourth-order valence-corrected chi connectivity index (χ4v) is 1.91. The highest BCUT2D eigenvalue weighted by atomic mass is 16.5. The first-order chi connectivity index (χ1) is 8.15. The highest BCUT2D eigenvalue weighted by molar-refractivity contribution is 6.05. The van der Waals surface area contributed by atoms with Crippen molar-refractivity contribution in [3.05, 3.63) is 29.8 Å². The van der Waals surface area contributed by atoms with E-state index in [9.17, 15) is 9.59 Å². The maximum Gasteiger partial charge on any atom is 0.408 e. The average molecular weight is 234 g/mol. The van der Waals surface area contributed by atoms with Crippen LogP contribution in [0.3, 0.4) is 0 Å². The molecular weight excluding hydrogens is 220 g/mol. The number of nitrogens with zero attached hydrogens (tertiary/aromatic N) is 1. The summed E-state index contributed by atoms with van der Waals surface area (Å²) >= 11 is 0. The van der Waals surface area contributed by atoms with Crippen LogP contribution < -0.4 is 10.2 Å². The van der Waals surface area contributed by atoms with E-state index in [0.717, 1.165) is 11.3 Å². The minimum atomic E-state index is -0.643. The van der Waals surface area contributed by atoms with Gasteiger partial charge in [-0.05, 0) is 13.0 Å². The number of alkyl carbamates (subject to hydrolysis) is 1. The second kappa shape index (κ2) is 4.45. The van der Waals surface area contributed by atoms with Crippen LogP contribution in [-0.4, -0.2) is 25.7 Å². The van der Waals surface area contributed by atoms with Gasteiger partial charge in [0.25, 0.3) is 5.91 Å². The van der Waals surface area contributed by atoms with Crippen molar-refractivity contribution in [3.8, 4) is 0 Å². The summed E-state index contributed by atoms with van der Waals surface area (Å²) in [4.78, 5) is 24.8. The normalized spacial score (nSPS) is 17.9. The predicted molar refractivity (Wildman–Crippen MR) is 62.8 cm³/mol. The zero-order valence-electron chi connectivity index (χ0n) is 9.77. The van der Waals surface area contributed by atoms with Gasteiger partial charge in [0.1, 0.15) is 6.04 Å². The topological polar surface area (TPSA) is 58.6 Å². The number of carbonyl (C=O) groups is 2. The number of carbonyl (C=O) groups excluding carboxylic acids is 2. The maximum absolute atomic E-state index is 12.0. The molecule has 1 aromatic carbocycles. The third-order valence-electron chi connectivity index (χ3n) is 2.72. The molecule has 1 aliphatic rings. The van der Waals surface area contributed by atoms with E-state index in [2.05, 4.69) is 5.32 Å². The van der Waals surface area contributed by atoms with Crippen LogP contribution in [0.4, 0.5) is 10.5 Å². The minimum absolute atomic E-state index is 0.153. The molecule has 1 aromatic rings. The Morgan fingerprint density at radius 2 is 2.18 bits per heavy atom. The summed E-state index contributed by atoms with van der Waals surface area (Å²) in [5.74, 6) is -0.153. The van der Waals surface area contributed by atoms with Gasteiger partial charge in [-0.1, -0.05) is 18.2 Å². The van der Waals surface area contributed by atoms with Crippen LogP contribution in [0.2, 0.25) is 0 Å². The molecule has 0 aromatic heterocycles. The molecule has 1 unspecified atom stereocenters. The molecule has 1 aliphatic heterocycles. The molecule has 0 saturated heterocycles. The summed E-state index contributed by atoms with van der Waals surface area (Å²) in [6, 6.07) is 6.73. The van der Waals surface area contributed by atoms with Crippen molar-refractivity contribution in [2.24, 2.45) is 0 Å². The highest BCUT2D eigenvalue weighted by Crippen LogP contribution is 2.34. The molecule has 0 aliphatic carbocycles. The zero-order chi connectivity index (χ0) is 12.4. The molecule has 0 bridgehead atoms. The Morgan fingerprint density at radius 3 is 2.88 bits per heavy atom. The number of hydrogen-bond acceptors (Lipinski definition) is 3. The van der Waals surface area contributed by atoms with E-state index in [4.69, 9.17) is 4.74 Å². The van der Waals surface area contributed by atoms with E-state index in [1.54, 1.807) is 14.0 Å². The predicted octanol–water partition coefficient (Wildman–Crippen LogP) is 1.45. The van der Waals surface area contributed by atoms with Crippen LogP contribution in [0.25, 0.3) is 0 Å². The van der Waals surface area contributed by atoms with Crippen LogP contribution in [0.15, 0.2) is 24.3 Å². The number of para-hydroxylation sites is 1. The number of rotatable bonds is 2. The lowest BCUT2D eigenvalue weighted by atomic mass is 10.1. The summed E-state index contributed by atoms with van der Waals surface area (Å²) in [5.41, 5.74) is 1.62. The Hall–Kier alpha value is -2.04. The van der Waals surface area contributed by atoms with Gasteiger partial charge in [0, 0.05) is 18.3 Å². The van der Waals surface area contributed by atoms with E-state index in [1.165, 1.54) is 4.90 Å². The van der Waals surface area contributed by atoms with Crippen LogP contribution in [-0.2, 0) is 9.53 Å². The number of benzene rings is 1. The molecule has 0 fully saturated rings. The van der Waals surface area contributed by atoms with E-state index < -0.39 is 12.1 Å². The number of ether oxygens (including phenoxy) is 1. The van der Waals surface area contributed by atoms with Gasteiger partial charge in [0.2, 0.25) is 0 Å². The van der Waals surface area contributed by atoms with Crippen LogP contribution in [0.1, 0.15) is 18.5 Å². The monoisotopic (exact) mass is 234 g/mol. The lowest BCUT2D eigenvalue weighted by molar-refractivity contribution is -0.119. The molecule has 1 N–H and O–H groups in total. The molecule has 1 heterocycles. The van der Waals surface area contributed by atoms with Gasteiger partial charge >= 0.3 is 6.09 Å². The summed E-state index contributed by atoms with van der Waals surface area (Å²) in [7, 11) is 1.69. The van der Waals surface area contributed by atoms with Gasteiger partial charge in [0.15, 0.2) is 0 Å². The van der Waals surface area contributed by atoms with Crippen LogP contribution in [0.5, 0.6) is 0 Å². The summed E-state index contributed by atoms with van der Waals surface area (Å²) in [5, 5.41) is 2.56. The van der Waals surface area contributed by atoms with Gasteiger partial charge in [-0.3, -0.25) is 4.79 Å². The second-order valence-corrected chi connectivity index (χ2v) is 3.75. The van der Waals surface area contributed by atoms with Gasteiger partial charge in [-0.25, -0.2) is 4.79 Å². The first-order valence-electron chi connectivity index (χ1n) is 5.45. The van der Waals surface area contributed by atoms with Crippen molar-refractivity contribution >= 4 is 17.7 Å². The van der Waals surface area contributed by atoms with E-state index in [1.807, 2.05) is 24.3 Å². The summed E-state index contributed by atoms with van der Waals surface area (Å²) in [6.45, 7) is 2.00. The number of anilines is 1. The van der Waals surface area contributed by atoms with E-state index in [-0.39, 0.29) is 12.5 Å². The molecule has 17 heavy (non-hydrogen) atoms. The molecule has 90 valence electrons. The lowest BCUT2D eigenvalue weighted by Crippen LogP contribution is -2.36.